The Morgan fingerprint density at radius 3 is 1.70 bits per heavy atom. The summed E-state index contributed by atoms with van der Waals surface area (Å²) >= 11 is 0. The van der Waals surface area contributed by atoms with Crippen LogP contribution >= 0.6 is 0 Å². The highest BCUT2D eigenvalue weighted by atomic mass is 16.3. The van der Waals surface area contributed by atoms with E-state index in [2.05, 4.69) is 157 Å². The molecule has 0 unspecified atom stereocenters. The number of nitrogens with zero attached hydrogens (tertiary/aromatic N) is 1. The molecule has 47 heavy (non-hydrogen) atoms. The van der Waals surface area contributed by atoms with Gasteiger partial charge in [0, 0.05) is 38.2 Å². The number of benzene rings is 8. The molecule has 8 aromatic carbocycles. The Morgan fingerprint density at radius 2 is 0.915 bits per heavy atom. The van der Waals surface area contributed by atoms with Gasteiger partial charge in [0.25, 0.3) is 0 Å². The van der Waals surface area contributed by atoms with Gasteiger partial charge in [0.05, 0.1) is 11.4 Å². The van der Waals surface area contributed by atoms with Crippen LogP contribution < -0.4 is 4.90 Å². The van der Waals surface area contributed by atoms with Gasteiger partial charge >= 0.3 is 0 Å². The zero-order chi connectivity index (χ0) is 30.9. The molecule has 0 radical (unpaired) electrons. The lowest BCUT2D eigenvalue weighted by molar-refractivity contribution is 0.669. The molecule has 220 valence electrons. The van der Waals surface area contributed by atoms with Gasteiger partial charge in [-0.25, -0.2) is 0 Å². The second-order valence-electron chi connectivity index (χ2n) is 12.0. The standard InChI is InChI=1S/C44H27NO2/c1-3-14-28(15-4-1)40-36(26-27-39-42(40)41-33-21-9-7-18-30(33)31-19-8-10-22-34(31)44(41)47-39)45(29-16-5-2-6-17-29)37-24-13-23-35-32-20-11-12-25-38(32)46-43(35)37/h1-27H. The van der Waals surface area contributed by atoms with Crippen molar-refractivity contribution in [1.82, 2.24) is 0 Å². The van der Waals surface area contributed by atoms with Gasteiger partial charge in [-0.1, -0.05) is 127 Å². The zero-order valence-corrected chi connectivity index (χ0v) is 25.4. The van der Waals surface area contributed by atoms with Crippen molar-refractivity contribution in [3.05, 3.63) is 164 Å². The highest BCUT2D eigenvalue weighted by molar-refractivity contribution is 6.33. The predicted molar refractivity (Wildman–Crippen MR) is 196 cm³/mol. The van der Waals surface area contributed by atoms with E-state index < -0.39 is 0 Å². The van der Waals surface area contributed by atoms with Crippen LogP contribution in [0.4, 0.5) is 17.1 Å². The summed E-state index contributed by atoms with van der Waals surface area (Å²) in [6.07, 6.45) is 0. The minimum atomic E-state index is 0.852. The maximum atomic E-state index is 6.86. The maximum absolute atomic E-state index is 6.86. The molecule has 2 aromatic heterocycles. The molecule has 3 heteroatoms. The summed E-state index contributed by atoms with van der Waals surface area (Å²) in [5.74, 6) is 0. The third-order valence-corrected chi connectivity index (χ3v) is 9.43. The molecule has 3 nitrogen and oxygen atoms in total. The predicted octanol–water partition coefficient (Wildman–Crippen LogP) is 12.9. The van der Waals surface area contributed by atoms with E-state index >= 15 is 0 Å². The number of para-hydroxylation sites is 3. The lowest BCUT2D eigenvalue weighted by atomic mass is 9.92. The fraction of sp³-hybridized carbons (Fsp3) is 0. The van der Waals surface area contributed by atoms with Crippen molar-refractivity contribution in [2.75, 3.05) is 4.90 Å². The Balaban J connectivity index is 1.40. The van der Waals surface area contributed by atoms with Crippen molar-refractivity contribution in [3.63, 3.8) is 0 Å². The molecular formula is C44H27NO2. The Morgan fingerprint density at radius 1 is 0.340 bits per heavy atom. The number of hydrogen-bond acceptors (Lipinski definition) is 3. The van der Waals surface area contributed by atoms with E-state index in [0.29, 0.717) is 0 Å². The first-order valence-electron chi connectivity index (χ1n) is 15.9. The van der Waals surface area contributed by atoms with E-state index in [-0.39, 0.29) is 0 Å². The van der Waals surface area contributed by atoms with E-state index in [1.807, 2.05) is 12.1 Å². The van der Waals surface area contributed by atoms with Gasteiger partial charge in [-0.05, 0) is 58.1 Å². The van der Waals surface area contributed by atoms with Crippen LogP contribution in [0.5, 0.6) is 0 Å². The van der Waals surface area contributed by atoms with E-state index in [0.717, 1.165) is 77.5 Å². The fourth-order valence-electron chi connectivity index (χ4n) is 7.46. The van der Waals surface area contributed by atoms with Crippen molar-refractivity contribution < 1.29 is 8.83 Å². The minimum absolute atomic E-state index is 0.852. The van der Waals surface area contributed by atoms with Gasteiger partial charge in [0.2, 0.25) is 0 Å². The number of furan rings is 2. The molecule has 0 aliphatic heterocycles. The van der Waals surface area contributed by atoms with Crippen LogP contribution in [0.1, 0.15) is 0 Å². The summed E-state index contributed by atoms with van der Waals surface area (Å²) in [5, 5.41) is 9.13. The largest absolute Gasteiger partial charge is 0.455 e. The summed E-state index contributed by atoms with van der Waals surface area (Å²) in [5.41, 5.74) is 8.79. The molecule has 0 aliphatic carbocycles. The molecule has 0 saturated carbocycles. The Hall–Kier alpha value is -6.32. The van der Waals surface area contributed by atoms with Crippen molar-refractivity contribution >= 4 is 82.5 Å². The fourth-order valence-corrected chi connectivity index (χ4v) is 7.46. The molecule has 2 heterocycles. The second-order valence-corrected chi connectivity index (χ2v) is 12.0. The van der Waals surface area contributed by atoms with E-state index in [1.54, 1.807) is 0 Å². The number of hydrogen-bond donors (Lipinski definition) is 0. The number of anilines is 3. The summed E-state index contributed by atoms with van der Waals surface area (Å²) in [4.78, 5) is 2.34. The molecule has 0 saturated heterocycles. The van der Waals surface area contributed by atoms with Crippen molar-refractivity contribution in [1.29, 1.82) is 0 Å². The first kappa shape index (κ1) is 26.0. The van der Waals surface area contributed by atoms with Gasteiger partial charge in [0.1, 0.15) is 16.7 Å². The van der Waals surface area contributed by atoms with Crippen LogP contribution in [0.25, 0.3) is 76.5 Å². The van der Waals surface area contributed by atoms with Crippen LogP contribution in [0.2, 0.25) is 0 Å². The molecule has 0 fully saturated rings. The van der Waals surface area contributed by atoms with Gasteiger partial charge in [0.15, 0.2) is 5.58 Å². The van der Waals surface area contributed by atoms with Crippen LogP contribution in [-0.2, 0) is 0 Å². The molecule has 0 spiro atoms. The Kier molecular flexibility index (Phi) is 5.57. The molecule has 0 N–H and O–H groups in total. The number of rotatable bonds is 4. The highest BCUT2D eigenvalue weighted by Crippen LogP contribution is 2.51. The molecule has 10 rings (SSSR count). The van der Waals surface area contributed by atoms with E-state index in [1.165, 1.54) is 16.2 Å². The first-order chi connectivity index (χ1) is 23.3. The van der Waals surface area contributed by atoms with Crippen LogP contribution in [0, 0.1) is 0 Å². The van der Waals surface area contributed by atoms with E-state index in [9.17, 15) is 0 Å². The molecular weight excluding hydrogens is 574 g/mol. The SMILES string of the molecule is c1ccc(-c2c(N(c3ccccc3)c3cccc4c3oc3ccccc34)ccc3oc4c5ccccc5c5ccccc5c4c23)cc1. The van der Waals surface area contributed by atoms with E-state index in [4.69, 9.17) is 8.83 Å². The van der Waals surface area contributed by atoms with Crippen molar-refractivity contribution in [3.8, 4) is 11.1 Å². The Labute approximate surface area is 270 Å². The average Bonchev–Trinajstić information content (AvgIpc) is 3.73. The molecule has 0 atom stereocenters. The third-order valence-electron chi connectivity index (χ3n) is 9.43. The van der Waals surface area contributed by atoms with Gasteiger partial charge < -0.3 is 13.7 Å². The monoisotopic (exact) mass is 601 g/mol. The van der Waals surface area contributed by atoms with Gasteiger partial charge in [-0.15, -0.1) is 0 Å². The third kappa shape index (κ3) is 3.81. The molecule has 10 aromatic rings. The van der Waals surface area contributed by atoms with Gasteiger partial charge in [-0.3, -0.25) is 0 Å². The molecule has 0 aliphatic rings. The van der Waals surface area contributed by atoms with Gasteiger partial charge in [-0.2, -0.15) is 0 Å². The lowest BCUT2D eigenvalue weighted by Crippen LogP contribution is -2.11. The minimum Gasteiger partial charge on any atom is -0.455 e. The molecule has 0 bridgehead atoms. The smallest absolute Gasteiger partial charge is 0.159 e. The number of fused-ring (bicyclic) bond motifs is 11. The van der Waals surface area contributed by atoms with Crippen LogP contribution in [0.15, 0.2) is 173 Å². The summed E-state index contributed by atoms with van der Waals surface area (Å²) < 4.78 is 13.5. The van der Waals surface area contributed by atoms with Crippen molar-refractivity contribution in [2.45, 2.75) is 0 Å². The van der Waals surface area contributed by atoms with Crippen LogP contribution in [0.3, 0.4) is 0 Å². The van der Waals surface area contributed by atoms with Crippen molar-refractivity contribution in [2.24, 2.45) is 0 Å². The first-order valence-corrected chi connectivity index (χ1v) is 15.9. The summed E-state index contributed by atoms with van der Waals surface area (Å²) in [6.45, 7) is 0. The zero-order valence-electron chi connectivity index (χ0n) is 25.4. The van der Waals surface area contributed by atoms with Crippen LogP contribution in [-0.4, -0.2) is 0 Å². The lowest BCUT2D eigenvalue weighted by Gasteiger charge is -2.28. The second kappa shape index (κ2) is 10.1. The summed E-state index contributed by atoms with van der Waals surface area (Å²) in [7, 11) is 0. The topological polar surface area (TPSA) is 29.5 Å². The quantitative estimate of drug-likeness (QED) is 0.188. The average molecular weight is 602 g/mol. The Bertz CT molecular complexity index is 2790. The normalized spacial score (nSPS) is 11.8. The summed E-state index contributed by atoms with van der Waals surface area (Å²) in [6, 6.07) is 57.6. The molecule has 0 amide bonds. The highest BCUT2D eigenvalue weighted by Gasteiger charge is 2.26. The maximum Gasteiger partial charge on any atom is 0.159 e.